The van der Waals surface area contributed by atoms with Gasteiger partial charge in [0.15, 0.2) is 0 Å². The topological polar surface area (TPSA) is 83.1 Å². The fourth-order valence-corrected chi connectivity index (χ4v) is 0.972. The average Bonchev–Trinajstić information content (AvgIpc) is 2.10. The van der Waals surface area contributed by atoms with Gasteiger partial charge in [0.1, 0.15) is 5.71 Å². The molecule has 1 aliphatic heterocycles. The number of urea groups is 1. The number of hydrogen-bond acceptors (Lipinski definition) is 4. The fraction of sp³-hybridized carbons (Fsp3) is 0.571. The Bertz CT molecular complexity index is 270. The minimum atomic E-state index is -0.395. The van der Waals surface area contributed by atoms with Crippen molar-refractivity contribution in [2.75, 3.05) is 13.1 Å². The Labute approximate surface area is 76.5 Å². The van der Waals surface area contributed by atoms with Crippen molar-refractivity contribution < 1.29 is 4.79 Å². The van der Waals surface area contributed by atoms with Crippen LogP contribution in [-0.4, -0.2) is 35.6 Å². The van der Waals surface area contributed by atoms with Gasteiger partial charge in [0, 0.05) is 6.54 Å². The van der Waals surface area contributed by atoms with Crippen molar-refractivity contribution in [3.63, 3.8) is 0 Å². The summed E-state index contributed by atoms with van der Waals surface area (Å²) >= 11 is 0. The third-order valence-corrected chi connectivity index (χ3v) is 1.68. The Morgan fingerprint density at radius 1 is 1.85 bits per heavy atom. The highest BCUT2D eigenvalue weighted by Crippen LogP contribution is 1.94. The summed E-state index contributed by atoms with van der Waals surface area (Å²) in [7, 11) is 0. The molecule has 0 aromatic carbocycles. The Morgan fingerprint density at radius 2 is 2.54 bits per heavy atom. The number of nitrogens with two attached hydrogens (primary N) is 1. The minimum absolute atomic E-state index is 0.307. The van der Waals surface area contributed by atoms with E-state index in [4.69, 9.17) is 5.84 Å². The summed E-state index contributed by atoms with van der Waals surface area (Å²) < 4.78 is 0. The van der Waals surface area contributed by atoms with Gasteiger partial charge in [-0.3, -0.25) is 10.0 Å². The van der Waals surface area contributed by atoms with E-state index in [1.807, 2.05) is 13.8 Å². The van der Waals surface area contributed by atoms with Crippen LogP contribution < -0.4 is 11.3 Å². The first-order chi connectivity index (χ1) is 6.15. The van der Waals surface area contributed by atoms with Gasteiger partial charge in [0.2, 0.25) is 0 Å². The number of aliphatic imine (C=N–C) groups is 1. The van der Waals surface area contributed by atoms with Crippen LogP contribution in [0, 0.1) is 0 Å². The molecule has 0 fully saturated rings. The van der Waals surface area contributed by atoms with Gasteiger partial charge in [0.05, 0.1) is 12.3 Å². The first kappa shape index (κ1) is 9.66. The third kappa shape index (κ3) is 2.25. The van der Waals surface area contributed by atoms with E-state index in [1.54, 1.807) is 0 Å². The minimum Gasteiger partial charge on any atom is -0.288 e. The molecular formula is C7H13N5O. The highest BCUT2D eigenvalue weighted by atomic mass is 16.2. The standard InChI is InChI=1S/C7H13N5O/c1-3-9-5(2)6-4-12(8)7(13)11-10-6/h3-4,8H2,1-2H3,(H,11,13). The number of amides is 2. The van der Waals surface area contributed by atoms with E-state index in [0.29, 0.717) is 18.8 Å². The molecule has 0 saturated carbocycles. The van der Waals surface area contributed by atoms with E-state index in [-0.39, 0.29) is 0 Å². The van der Waals surface area contributed by atoms with Gasteiger partial charge >= 0.3 is 6.03 Å². The Morgan fingerprint density at radius 3 is 3.08 bits per heavy atom. The first-order valence-corrected chi connectivity index (χ1v) is 4.05. The number of hydrazone groups is 1. The van der Waals surface area contributed by atoms with Crippen LogP contribution in [0.1, 0.15) is 13.8 Å². The van der Waals surface area contributed by atoms with Crippen LogP contribution in [-0.2, 0) is 0 Å². The molecule has 6 nitrogen and oxygen atoms in total. The van der Waals surface area contributed by atoms with Crippen molar-refractivity contribution in [2.24, 2.45) is 15.9 Å². The zero-order chi connectivity index (χ0) is 9.84. The van der Waals surface area contributed by atoms with E-state index < -0.39 is 6.03 Å². The largest absolute Gasteiger partial charge is 0.352 e. The number of nitrogens with zero attached hydrogens (tertiary/aromatic N) is 3. The number of nitrogens with one attached hydrogen (secondary N) is 1. The maximum absolute atomic E-state index is 10.9. The lowest BCUT2D eigenvalue weighted by Crippen LogP contribution is -2.51. The van der Waals surface area contributed by atoms with Crippen LogP contribution in [0.25, 0.3) is 0 Å². The van der Waals surface area contributed by atoms with Crippen LogP contribution in [0.15, 0.2) is 10.1 Å². The van der Waals surface area contributed by atoms with E-state index in [2.05, 4.69) is 15.5 Å². The molecule has 0 saturated heterocycles. The smallest absolute Gasteiger partial charge is 0.288 e. The van der Waals surface area contributed by atoms with Gasteiger partial charge < -0.3 is 0 Å². The van der Waals surface area contributed by atoms with Crippen molar-refractivity contribution in [1.82, 2.24) is 10.4 Å². The maximum Gasteiger partial charge on any atom is 0.352 e. The van der Waals surface area contributed by atoms with Crippen LogP contribution in [0.4, 0.5) is 4.79 Å². The van der Waals surface area contributed by atoms with E-state index in [1.165, 1.54) is 0 Å². The van der Waals surface area contributed by atoms with Crippen LogP contribution >= 0.6 is 0 Å². The van der Waals surface area contributed by atoms with Crippen LogP contribution in [0.2, 0.25) is 0 Å². The highest BCUT2D eigenvalue weighted by Gasteiger charge is 2.18. The predicted molar refractivity (Wildman–Crippen MR) is 50.5 cm³/mol. The molecule has 0 unspecified atom stereocenters. The fourth-order valence-electron chi connectivity index (χ4n) is 0.972. The summed E-state index contributed by atoms with van der Waals surface area (Å²) in [5.41, 5.74) is 3.79. The Kier molecular flexibility index (Phi) is 2.97. The molecule has 1 rings (SSSR count). The molecule has 0 radical (unpaired) electrons. The molecule has 0 aliphatic carbocycles. The summed E-state index contributed by atoms with van der Waals surface area (Å²) in [5.74, 6) is 5.39. The lowest BCUT2D eigenvalue weighted by atomic mass is 10.2. The number of hydrazine groups is 1. The van der Waals surface area contributed by atoms with Gasteiger partial charge in [0.25, 0.3) is 0 Å². The van der Waals surface area contributed by atoms with Crippen molar-refractivity contribution in [3.8, 4) is 0 Å². The highest BCUT2D eigenvalue weighted by molar-refractivity contribution is 6.42. The second-order valence-electron chi connectivity index (χ2n) is 2.66. The van der Waals surface area contributed by atoms with Crippen molar-refractivity contribution >= 4 is 17.5 Å². The summed E-state index contributed by atoms with van der Waals surface area (Å²) in [6.07, 6.45) is 0. The molecule has 6 heteroatoms. The maximum atomic E-state index is 10.9. The number of rotatable bonds is 2. The lowest BCUT2D eigenvalue weighted by molar-refractivity contribution is 0.203. The molecular weight excluding hydrogens is 170 g/mol. The monoisotopic (exact) mass is 183 g/mol. The predicted octanol–water partition coefficient (Wildman–Crippen LogP) is -0.278. The molecule has 72 valence electrons. The van der Waals surface area contributed by atoms with Gasteiger partial charge in [-0.15, -0.1) is 0 Å². The van der Waals surface area contributed by atoms with Gasteiger partial charge in [-0.25, -0.2) is 16.1 Å². The van der Waals surface area contributed by atoms with E-state index in [9.17, 15) is 4.79 Å². The molecule has 3 N–H and O–H groups in total. The molecule has 13 heavy (non-hydrogen) atoms. The van der Waals surface area contributed by atoms with Gasteiger partial charge in [-0.1, -0.05) is 0 Å². The van der Waals surface area contributed by atoms with E-state index in [0.717, 1.165) is 10.7 Å². The number of carbonyl (C=O) groups is 1. The zero-order valence-corrected chi connectivity index (χ0v) is 7.74. The molecule has 0 atom stereocenters. The molecule has 0 aromatic rings. The average molecular weight is 183 g/mol. The third-order valence-electron chi connectivity index (χ3n) is 1.68. The zero-order valence-electron chi connectivity index (χ0n) is 7.74. The molecule has 0 aromatic heterocycles. The second-order valence-corrected chi connectivity index (χ2v) is 2.66. The quantitative estimate of drug-likeness (QED) is 0.350. The van der Waals surface area contributed by atoms with Gasteiger partial charge in [-0.2, -0.15) is 5.10 Å². The van der Waals surface area contributed by atoms with Gasteiger partial charge in [-0.05, 0) is 13.8 Å². The summed E-state index contributed by atoms with van der Waals surface area (Å²) in [6, 6.07) is -0.395. The lowest BCUT2D eigenvalue weighted by Gasteiger charge is -2.21. The second kappa shape index (κ2) is 3.99. The molecule has 1 heterocycles. The SMILES string of the molecule is CCN=C(C)C1=NNC(=O)N(N)C1. The molecule has 0 spiro atoms. The normalized spacial score (nSPS) is 18.4. The molecule has 2 amide bonds. The first-order valence-electron chi connectivity index (χ1n) is 4.05. The number of carbonyl (C=O) groups excluding carboxylic acids is 1. The summed E-state index contributed by atoms with van der Waals surface area (Å²) in [4.78, 5) is 15.0. The molecule has 1 aliphatic rings. The Hall–Kier alpha value is -1.43. The van der Waals surface area contributed by atoms with E-state index >= 15 is 0 Å². The van der Waals surface area contributed by atoms with Crippen molar-refractivity contribution in [1.29, 1.82) is 0 Å². The number of hydrogen-bond donors (Lipinski definition) is 2. The summed E-state index contributed by atoms with van der Waals surface area (Å²) in [5, 5.41) is 4.91. The molecule has 0 bridgehead atoms. The van der Waals surface area contributed by atoms with Crippen LogP contribution in [0.5, 0.6) is 0 Å². The van der Waals surface area contributed by atoms with Crippen molar-refractivity contribution in [2.45, 2.75) is 13.8 Å². The van der Waals surface area contributed by atoms with Crippen LogP contribution in [0.3, 0.4) is 0 Å². The summed E-state index contributed by atoms with van der Waals surface area (Å²) in [6.45, 7) is 4.78. The Balaban J connectivity index is 2.73. The van der Waals surface area contributed by atoms with Crippen molar-refractivity contribution in [3.05, 3.63) is 0 Å².